The fourth-order valence-corrected chi connectivity index (χ4v) is 4.27. The SMILES string of the molecule is CC=C(CCC)c1nc(C)nc2c1c(C)c(C)n2-c1c(C)cc(C)cc1C. The number of nitrogens with zero attached hydrogens (tertiary/aromatic N) is 3. The van der Waals surface area contributed by atoms with E-state index in [0.717, 1.165) is 30.0 Å². The average Bonchev–Trinajstić information content (AvgIpc) is 2.83. The maximum absolute atomic E-state index is 4.90. The number of hydrogen-bond donors (Lipinski definition) is 0. The number of aryl methyl sites for hydroxylation is 5. The third-order valence-corrected chi connectivity index (χ3v) is 5.50. The van der Waals surface area contributed by atoms with Crippen LogP contribution in [0.3, 0.4) is 0 Å². The highest BCUT2D eigenvalue weighted by Gasteiger charge is 2.21. The van der Waals surface area contributed by atoms with E-state index in [0.29, 0.717) is 0 Å². The first-order chi connectivity index (χ1) is 12.8. The monoisotopic (exact) mass is 361 g/mol. The first-order valence-corrected chi connectivity index (χ1v) is 9.90. The molecule has 0 N–H and O–H groups in total. The fourth-order valence-electron chi connectivity index (χ4n) is 4.27. The molecule has 3 nitrogen and oxygen atoms in total. The van der Waals surface area contributed by atoms with Crippen molar-refractivity contribution in [3.63, 3.8) is 0 Å². The van der Waals surface area contributed by atoms with Gasteiger partial charge in [0.05, 0.1) is 11.4 Å². The van der Waals surface area contributed by atoms with E-state index in [4.69, 9.17) is 9.97 Å². The van der Waals surface area contributed by atoms with E-state index in [-0.39, 0.29) is 0 Å². The lowest BCUT2D eigenvalue weighted by molar-refractivity contribution is 0.949. The van der Waals surface area contributed by atoms with Gasteiger partial charge in [0.2, 0.25) is 0 Å². The van der Waals surface area contributed by atoms with Gasteiger partial charge in [-0.05, 0) is 77.2 Å². The summed E-state index contributed by atoms with van der Waals surface area (Å²) in [7, 11) is 0. The zero-order chi connectivity index (χ0) is 19.9. The number of benzene rings is 1. The van der Waals surface area contributed by atoms with Crippen molar-refractivity contribution < 1.29 is 0 Å². The van der Waals surface area contributed by atoms with Crippen molar-refractivity contribution in [2.75, 3.05) is 0 Å². The lowest BCUT2D eigenvalue weighted by Gasteiger charge is -2.16. The fraction of sp³-hybridized carbons (Fsp3) is 0.417. The normalized spacial score (nSPS) is 12.2. The number of aromatic nitrogens is 3. The minimum Gasteiger partial charge on any atom is -0.298 e. The van der Waals surface area contributed by atoms with Crippen molar-refractivity contribution >= 4 is 16.6 Å². The van der Waals surface area contributed by atoms with Crippen molar-refractivity contribution in [3.8, 4) is 5.69 Å². The third kappa shape index (κ3) is 3.20. The summed E-state index contributed by atoms with van der Waals surface area (Å²) in [6.45, 7) is 17.3. The Balaban J connectivity index is 2.45. The van der Waals surface area contributed by atoms with Crippen LogP contribution in [0.4, 0.5) is 0 Å². The molecule has 142 valence electrons. The topological polar surface area (TPSA) is 30.7 Å². The van der Waals surface area contributed by atoms with Crippen molar-refractivity contribution in [2.45, 2.75) is 68.2 Å². The van der Waals surface area contributed by atoms with Crippen LogP contribution in [0.5, 0.6) is 0 Å². The summed E-state index contributed by atoms with van der Waals surface area (Å²) in [6.07, 6.45) is 4.35. The minimum absolute atomic E-state index is 0.828. The molecule has 0 unspecified atom stereocenters. The van der Waals surface area contributed by atoms with Crippen molar-refractivity contribution in [1.29, 1.82) is 0 Å². The molecular formula is C24H31N3. The number of hydrogen-bond acceptors (Lipinski definition) is 2. The molecule has 0 spiro atoms. The largest absolute Gasteiger partial charge is 0.298 e. The van der Waals surface area contributed by atoms with Gasteiger partial charge < -0.3 is 0 Å². The summed E-state index contributed by atoms with van der Waals surface area (Å²) >= 11 is 0. The maximum atomic E-state index is 4.90. The lowest BCUT2D eigenvalue weighted by atomic mass is 10.0. The van der Waals surface area contributed by atoms with Gasteiger partial charge in [-0.3, -0.25) is 4.57 Å². The molecule has 0 amide bonds. The van der Waals surface area contributed by atoms with Gasteiger partial charge in [-0.15, -0.1) is 0 Å². The molecule has 0 fully saturated rings. The predicted molar refractivity (Wildman–Crippen MR) is 116 cm³/mol. The molecule has 0 aliphatic carbocycles. The van der Waals surface area contributed by atoms with E-state index in [1.165, 1.54) is 44.6 Å². The van der Waals surface area contributed by atoms with Crippen LogP contribution in [0, 0.1) is 41.5 Å². The molecule has 2 aromatic heterocycles. The highest BCUT2D eigenvalue weighted by molar-refractivity contribution is 5.93. The Kier molecular flexibility index (Phi) is 5.23. The molecule has 0 aliphatic rings. The smallest absolute Gasteiger partial charge is 0.149 e. The Morgan fingerprint density at radius 1 is 1.00 bits per heavy atom. The number of fused-ring (bicyclic) bond motifs is 1. The zero-order valence-corrected chi connectivity index (χ0v) is 18.0. The second kappa shape index (κ2) is 7.30. The summed E-state index contributed by atoms with van der Waals surface area (Å²) in [5.74, 6) is 0.828. The molecule has 3 heteroatoms. The van der Waals surface area contributed by atoms with Gasteiger partial charge in [0.1, 0.15) is 11.5 Å². The van der Waals surface area contributed by atoms with Gasteiger partial charge in [0, 0.05) is 11.1 Å². The van der Waals surface area contributed by atoms with E-state index >= 15 is 0 Å². The molecule has 1 aromatic carbocycles. The summed E-state index contributed by atoms with van der Waals surface area (Å²) in [6, 6.07) is 4.51. The highest BCUT2D eigenvalue weighted by atomic mass is 15.1. The van der Waals surface area contributed by atoms with Crippen LogP contribution in [0.15, 0.2) is 18.2 Å². The Hall–Kier alpha value is -2.42. The van der Waals surface area contributed by atoms with Crippen LogP contribution in [0.1, 0.15) is 66.2 Å². The van der Waals surface area contributed by atoms with Crippen LogP contribution < -0.4 is 0 Å². The molecular weight excluding hydrogens is 330 g/mol. The summed E-state index contributed by atoms with van der Waals surface area (Å²) < 4.78 is 2.34. The Morgan fingerprint density at radius 2 is 1.63 bits per heavy atom. The summed E-state index contributed by atoms with van der Waals surface area (Å²) in [5, 5.41) is 1.19. The van der Waals surface area contributed by atoms with Gasteiger partial charge in [-0.1, -0.05) is 37.1 Å². The van der Waals surface area contributed by atoms with Crippen LogP contribution in [0.2, 0.25) is 0 Å². The van der Waals surface area contributed by atoms with Gasteiger partial charge in [0.25, 0.3) is 0 Å². The number of allylic oxidation sites excluding steroid dienone is 2. The average molecular weight is 362 g/mol. The predicted octanol–water partition coefficient (Wildman–Crippen LogP) is 6.47. The number of rotatable bonds is 4. The molecule has 0 atom stereocenters. The molecule has 0 saturated carbocycles. The molecule has 3 rings (SSSR count). The van der Waals surface area contributed by atoms with Crippen molar-refractivity contribution in [2.24, 2.45) is 0 Å². The van der Waals surface area contributed by atoms with Crippen molar-refractivity contribution in [1.82, 2.24) is 14.5 Å². The first kappa shape index (κ1) is 19.3. The zero-order valence-electron chi connectivity index (χ0n) is 18.0. The highest BCUT2D eigenvalue weighted by Crippen LogP contribution is 2.35. The van der Waals surface area contributed by atoms with Crippen molar-refractivity contribution in [3.05, 3.63) is 57.7 Å². The van der Waals surface area contributed by atoms with Crippen LogP contribution in [0.25, 0.3) is 22.3 Å². The van der Waals surface area contributed by atoms with Gasteiger partial charge in [0.15, 0.2) is 0 Å². The van der Waals surface area contributed by atoms with E-state index in [2.05, 4.69) is 71.2 Å². The minimum atomic E-state index is 0.828. The molecule has 3 aromatic rings. The van der Waals surface area contributed by atoms with E-state index < -0.39 is 0 Å². The first-order valence-electron chi connectivity index (χ1n) is 9.90. The quantitative estimate of drug-likeness (QED) is 0.533. The van der Waals surface area contributed by atoms with Gasteiger partial charge >= 0.3 is 0 Å². The second-order valence-corrected chi connectivity index (χ2v) is 7.68. The van der Waals surface area contributed by atoms with E-state index in [9.17, 15) is 0 Å². The second-order valence-electron chi connectivity index (χ2n) is 7.68. The Labute approximate surface area is 163 Å². The van der Waals surface area contributed by atoms with Crippen LogP contribution in [-0.2, 0) is 0 Å². The molecule has 0 radical (unpaired) electrons. The Bertz CT molecular complexity index is 1030. The van der Waals surface area contributed by atoms with E-state index in [1.54, 1.807) is 0 Å². The van der Waals surface area contributed by atoms with Gasteiger partial charge in [-0.25, -0.2) is 9.97 Å². The lowest BCUT2D eigenvalue weighted by Crippen LogP contribution is -2.05. The van der Waals surface area contributed by atoms with Crippen LogP contribution in [-0.4, -0.2) is 14.5 Å². The summed E-state index contributed by atoms with van der Waals surface area (Å²) in [4.78, 5) is 9.77. The summed E-state index contributed by atoms with van der Waals surface area (Å²) in [5.41, 5.74) is 11.1. The van der Waals surface area contributed by atoms with Crippen LogP contribution >= 0.6 is 0 Å². The molecule has 0 bridgehead atoms. The molecule has 27 heavy (non-hydrogen) atoms. The van der Waals surface area contributed by atoms with E-state index in [1.807, 2.05) is 6.92 Å². The molecule has 0 aliphatic heterocycles. The standard InChI is InChI=1S/C24H31N3/c1-9-11-20(10-2)22-21-17(6)18(7)27(24(21)26-19(8)25-22)23-15(4)12-14(3)13-16(23)5/h10,12-13H,9,11H2,1-8H3. The third-order valence-electron chi connectivity index (χ3n) is 5.50. The Morgan fingerprint density at radius 3 is 2.19 bits per heavy atom. The van der Waals surface area contributed by atoms with Gasteiger partial charge in [-0.2, -0.15) is 0 Å². The maximum Gasteiger partial charge on any atom is 0.149 e. The molecule has 0 saturated heterocycles. The molecule has 2 heterocycles.